The van der Waals surface area contributed by atoms with Crippen molar-refractivity contribution in [3.63, 3.8) is 0 Å². The van der Waals surface area contributed by atoms with Gasteiger partial charge in [0, 0.05) is 16.8 Å². The SMILES string of the molecule is Cc1cccc(OCc2nnc(SCCOc3cc(Cl)ccc3Cl)o2)c1. The summed E-state index contributed by atoms with van der Waals surface area (Å²) in [5, 5.41) is 9.52. The van der Waals surface area contributed by atoms with Crippen molar-refractivity contribution >= 4 is 35.0 Å². The van der Waals surface area contributed by atoms with Crippen molar-refractivity contribution in [2.75, 3.05) is 12.4 Å². The maximum atomic E-state index is 6.05. The normalized spacial score (nSPS) is 10.7. The molecule has 3 aromatic rings. The molecule has 0 amide bonds. The molecule has 0 aliphatic heterocycles. The highest BCUT2D eigenvalue weighted by atomic mass is 35.5. The molecule has 0 N–H and O–H groups in total. The summed E-state index contributed by atoms with van der Waals surface area (Å²) in [5.41, 5.74) is 1.13. The summed E-state index contributed by atoms with van der Waals surface area (Å²) in [6.45, 7) is 2.67. The lowest BCUT2D eigenvalue weighted by atomic mass is 10.2. The molecule has 2 aromatic carbocycles. The van der Waals surface area contributed by atoms with Gasteiger partial charge in [0.15, 0.2) is 6.61 Å². The number of halogens is 2. The van der Waals surface area contributed by atoms with Gasteiger partial charge >= 0.3 is 0 Å². The van der Waals surface area contributed by atoms with Crippen LogP contribution in [-0.4, -0.2) is 22.6 Å². The Bertz CT molecular complexity index is 873. The Morgan fingerprint density at radius 3 is 2.81 bits per heavy atom. The monoisotopic (exact) mass is 410 g/mol. The van der Waals surface area contributed by atoms with Crippen molar-refractivity contribution in [3.05, 3.63) is 64.0 Å². The zero-order chi connectivity index (χ0) is 18.4. The van der Waals surface area contributed by atoms with Crippen molar-refractivity contribution in [1.29, 1.82) is 0 Å². The van der Waals surface area contributed by atoms with E-state index in [4.69, 9.17) is 37.1 Å². The zero-order valence-corrected chi connectivity index (χ0v) is 16.3. The van der Waals surface area contributed by atoms with Crippen LogP contribution in [0.3, 0.4) is 0 Å². The van der Waals surface area contributed by atoms with E-state index in [1.807, 2.05) is 31.2 Å². The maximum Gasteiger partial charge on any atom is 0.276 e. The van der Waals surface area contributed by atoms with Gasteiger partial charge in [-0.3, -0.25) is 0 Å². The quantitative estimate of drug-likeness (QED) is 0.364. The van der Waals surface area contributed by atoms with E-state index in [2.05, 4.69) is 10.2 Å². The molecule has 0 saturated heterocycles. The summed E-state index contributed by atoms with van der Waals surface area (Å²) in [7, 11) is 0. The van der Waals surface area contributed by atoms with Gasteiger partial charge in [0.25, 0.3) is 11.1 Å². The molecular formula is C18H16Cl2N2O3S. The number of aryl methyl sites for hydroxylation is 1. The van der Waals surface area contributed by atoms with Crippen molar-refractivity contribution in [2.24, 2.45) is 0 Å². The van der Waals surface area contributed by atoms with Gasteiger partial charge < -0.3 is 13.9 Å². The Morgan fingerprint density at radius 2 is 1.96 bits per heavy atom. The molecule has 1 heterocycles. The molecule has 0 bridgehead atoms. The molecule has 136 valence electrons. The molecule has 0 aliphatic rings. The van der Waals surface area contributed by atoms with Gasteiger partial charge in [0.05, 0.1) is 11.6 Å². The topological polar surface area (TPSA) is 57.4 Å². The summed E-state index contributed by atoms with van der Waals surface area (Å²) in [6, 6.07) is 12.9. The lowest BCUT2D eigenvalue weighted by molar-refractivity contribution is 0.252. The van der Waals surface area contributed by atoms with Crippen LogP contribution in [0, 0.1) is 6.92 Å². The third kappa shape index (κ3) is 5.56. The number of benzene rings is 2. The van der Waals surface area contributed by atoms with Crippen LogP contribution < -0.4 is 9.47 Å². The van der Waals surface area contributed by atoms with Crippen LogP contribution in [0.4, 0.5) is 0 Å². The fourth-order valence-electron chi connectivity index (χ4n) is 2.07. The predicted octanol–water partition coefficient (Wildman–Crippen LogP) is 5.43. The van der Waals surface area contributed by atoms with Gasteiger partial charge in [-0.15, -0.1) is 10.2 Å². The van der Waals surface area contributed by atoms with Crippen molar-refractivity contribution in [1.82, 2.24) is 10.2 Å². The first-order chi connectivity index (χ1) is 12.6. The van der Waals surface area contributed by atoms with E-state index in [1.54, 1.807) is 18.2 Å². The van der Waals surface area contributed by atoms with Gasteiger partial charge in [-0.1, -0.05) is 47.1 Å². The van der Waals surface area contributed by atoms with Gasteiger partial charge in [-0.25, -0.2) is 0 Å². The second kappa shape index (κ2) is 9.16. The highest BCUT2D eigenvalue weighted by Crippen LogP contribution is 2.28. The van der Waals surface area contributed by atoms with Gasteiger partial charge in [-0.05, 0) is 36.8 Å². The smallest absolute Gasteiger partial charge is 0.276 e. The Balaban J connectivity index is 1.43. The summed E-state index contributed by atoms with van der Waals surface area (Å²) in [6.07, 6.45) is 0. The van der Waals surface area contributed by atoms with Crippen LogP contribution in [0.15, 0.2) is 52.1 Å². The second-order valence-electron chi connectivity index (χ2n) is 5.34. The first-order valence-corrected chi connectivity index (χ1v) is 9.57. The number of hydrogen-bond donors (Lipinski definition) is 0. The number of thioether (sulfide) groups is 1. The van der Waals surface area contributed by atoms with Crippen molar-refractivity contribution in [3.8, 4) is 11.5 Å². The van der Waals surface area contributed by atoms with Crippen molar-refractivity contribution in [2.45, 2.75) is 18.8 Å². The summed E-state index contributed by atoms with van der Waals surface area (Å²) in [5.74, 6) is 2.37. The number of aromatic nitrogens is 2. The van der Waals surface area contributed by atoms with Crippen LogP contribution in [0.2, 0.25) is 10.0 Å². The fraction of sp³-hybridized carbons (Fsp3) is 0.222. The molecule has 3 rings (SSSR count). The largest absolute Gasteiger partial charge is 0.491 e. The van der Waals surface area contributed by atoms with E-state index in [1.165, 1.54) is 11.8 Å². The molecule has 0 atom stereocenters. The second-order valence-corrected chi connectivity index (χ2v) is 7.23. The molecule has 0 radical (unpaired) electrons. The van der Waals surface area contributed by atoms with Crippen LogP contribution in [-0.2, 0) is 6.61 Å². The highest BCUT2D eigenvalue weighted by Gasteiger charge is 2.08. The van der Waals surface area contributed by atoms with Crippen LogP contribution in [0.5, 0.6) is 11.5 Å². The van der Waals surface area contributed by atoms with E-state index in [-0.39, 0.29) is 6.61 Å². The molecule has 26 heavy (non-hydrogen) atoms. The van der Waals surface area contributed by atoms with E-state index in [9.17, 15) is 0 Å². The minimum atomic E-state index is 0.228. The molecule has 0 spiro atoms. The average molecular weight is 411 g/mol. The Morgan fingerprint density at radius 1 is 1.08 bits per heavy atom. The van der Waals surface area contributed by atoms with E-state index in [0.717, 1.165) is 11.3 Å². The summed E-state index contributed by atoms with van der Waals surface area (Å²) >= 11 is 13.4. The van der Waals surface area contributed by atoms with E-state index >= 15 is 0 Å². The number of nitrogens with zero attached hydrogens (tertiary/aromatic N) is 2. The molecular weight excluding hydrogens is 395 g/mol. The number of hydrogen-bond acceptors (Lipinski definition) is 6. The molecule has 0 fully saturated rings. The van der Waals surface area contributed by atoms with E-state index in [0.29, 0.717) is 39.3 Å². The first kappa shape index (κ1) is 18.9. The van der Waals surface area contributed by atoms with Crippen molar-refractivity contribution < 1.29 is 13.9 Å². The minimum absolute atomic E-state index is 0.228. The van der Waals surface area contributed by atoms with Crippen LogP contribution in [0.25, 0.3) is 0 Å². The molecule has 0 saturated carbocycles. The highest BCUT2D eigenvalue weighted by molar-refractivity contribution is 7.99. The Hall–Kier alpha value is -1.89. The van der Waals surface area contributed by atoms with Crippen LogP contribution in [0.1, 0.15) is 11.5 Å². The Kier molecular flexibility index (Phi) is 6.66. The minimum Gasteiger partial charge on any atom is -0.491 e. The third-order valence-corrected chi connectivity index (χ3v) is 4.59. The molecule has 1 aromatic heterocycles. The number of ether oxygens (including phenoxy) is 2. The van der Waals surface area contributed by atoms with Gasteiger partial charge in [0.1, 0.15) is 11.5 Å². The number of rotatable bonds is 8. The molecule has 0 unspecified atom stereocenters. The summed E-state index contributed by atoms with van der Waals surface area (Å²) < 4.78 is 16.8. The molecule has 8 heteroatoms. The fourth-order valence-corrected chi connectivity index (χ4v) is 3.00. The maximum absolute atomic E-state index is 6.05. The lowest BCUT2D eigenvalue weighted by Crippen LogP contribution is -2.00. The Labute approximate surface area is 165 Å². The predicted molar refractivity (Wildman–Crippen MR) is 102 cm³/mol. The lowest BCUT2D eigenvalue weighted by Gasteiger charge is -2.07. The van der Waals surface area contributed by atoms with Gasteiger partial charge in [-0.2, -0.15) is 0 Å². The average Bonchev–Trinajstić information content (AvgIpc) is 3.08. The molecule has 0 aliphatic carbocycles. The zero-order valence-electron chi connectivity index (χ0n) is 13.9. The molecule has 5 nitrogen and oxygen atoms in total. The first-order valence-electron chi connectivity index (χ1n) is 7.82. The standard InChI is InChI=1S/C18H16Cl2N2O3S/c1-12-3-2-4-14(9-12)24-11-17-21-22-18(25-17)26-8-7-23-16-10-13(19)5-6-15(16)20/h2-6,9-10H,7-8,11H2,1H3. The van der Waals surface area contributed by atoms with E-state index < -0.39 is 0 Å². The van der Waals surface area contributed by atoms with Crippen LogP contribution >= 0.6 is 35.0 Å². The van der Waals surface area contributed by atoms with Gasteiger partial charge in [0.2, 0.25) is 0 Å². The summed E-state index contributed by atoms with van der Waals surface area (Å²) in [4.78, 5) is 0. The third-order valence-electron chi connectivity index (χ3n) is 3.26.